The number of nitrogens with one attached hydrogen (secondary N) is 2. The van der Waals surface area contributed by atoms with Crippen LogP contribution in [0.4, 0.5) is 16.6 Å². The molecule has 0 aliphatic heterocycles. The molecular weight excluding hydrogens is 432 g/mol. The van der Waals surface area contributed by atoms with Crippen molar-refractivity contribution in [1.29, 1.82) is 0 Å². The van der Waals surface area contributed by atoms with Crippen LogP contribution < -0.4 is 15.8 Å². The summed E-state index contributed by atoms with van der Waals surface area (Å²) in [5.41, 5.74) is 6.05. The molecule has 0 aliphatic rings. The fraction of sp³-hybridized carbons (Fsp3) is 0.176. The number of sulfonamides is 1. The van der Waals surface area contributed by atoms with Crippen LogP contribution in [-0.4, -0.2) is 34.8 Å². The number of hydrogen-bond donors (Lipinski definition) is 3. The summed E-state index contributed by atoms with van der Waals surface area (Å²) in [4.78, 5) is 16.5. The Kier molecular flexibility index (Phi) is 6.67. The minimum absolute atomic E-state index is 0.0619. The van der Waals surface area contributed by atoms with E-state index in [1.54, 1.807) is 18.2 Å². The number of nitrogens with zero attached hydrogens (tertiary/aromatic N) is 3. The van der Waals surface area contributed by atoms with Crippen LogP contribution in [0.5, 0.6) is 0 Å². The smallest absolute Gasteiger partial charge is 0.263 e. The van der Waals surface area contributed by atoms with Crippen LogP contribution in [0, 0.1) is 0 Å². The highest BCUT2D eigenvalue weighted by molar-refractivity contribution is 8.02. The van der Waals surface area contributed by atoms with E-state index in [-0.39, 0.29) is 21.9 Å². The Morgan fingerprint density at radius 3 is 2.55 bits per heavy atom. The second kappa shape index (κ2) is 9.20. The second-order valence-corrected chi connectivity index (χ2v) is 9.90. The third-order valence-corrected chi connectivity index (χ3v) is 7.24. The van der Waals surface area contributed by atoms with E-state index in [2.05, 4.69) is 25.2 Å². The monoisotopic (exact) mass is 450 g/mol. The van der Waals surface area contributed by atoms with Crippen molar-refractivity contribution in [3.63, 3.8) is 0 Å². The first-order chi connectivity index (χ1) is 13.9. The molecule has 3 rings (SSSR count). The van der Waals surface area contributed by atoms with Gasteiger partial charge in [0.05, 0.1) is 10.1 Å². The molecule has 1 aromatic carbocycles. The van der Waals surface area contributed by atoms with Crippen LogP contribution >= 0.6 is 23.1 Å². The van der Waals surface area contributed by atoms with Gasteiger partial charge in [-0.1, -0.05) is 36.1 Å². The minimum Gasteiger partial charge on any atom is -0.374 e. The number of nitrogen functional groups attached to an aromatic ring is 1. The van der Waals surface area contributed by atoms with Crippen LogP contribution in [0.1, 0.15) is 13.3 Å². The first-order valence-electron chi connectivity index (χ1n) is 8.48. The molecule has 1 unspecified atom stereocenters. The third-order valence-electron chi connectivity index (χ3n) is 3.66. The Hall–Kier alpha value is -2.70. The van der Waals surface area contributed by atoms with Crippen LogP contribution in [-0.2, 0) is 14.8 Å². The lowest BCUT2D eigenvalue weighted by Crippen LogP contribution is -2.24. The highest BCUT2D eigenvalue weighted by atomic mass is 32.2. The molecule has 29 heavy (non-hydrogen) atoms. The number of pyridine rings is 1. The van der Waals surface area contributed by atoms with E-state index in [9.17, 15) is 13.2 Å². The fourth-order valence-electron chi connectivity index (χ4n) is 2.27. The van der Waals surface area contributed by atoms with Gasteiger partial charge in [-0.15, -0.1) is 10.2 Å². The van der Waals surface area contributed by atoms with Gasteiger partial charge >= 0.3 is 0 Å². The predicted octanol–water partition coefficient (Wildman–Crippen LogP) is 2.83. The molecule has 3 aromatic rings. The van der Waals surface area contributed by atoms with Gasteiger partial charge in [0, 0.05) is 11.9 Å². The van der Waals surface area contributed by atoms with E-state index >= 15 is 0 Å². The highest BCUT2D eigenvalue weighted by Crippen LogP contribution is 2.30. The molecule has 0 radical (unpaired) electrons. The summed E-state index contributed by atoms with van der Waals surface area (Å²) >= 11 is 2.51. The maximum atomic E-state index is 12.5. The van der Waals surface area contributed by atoms with Gasteiger partial charge < -0.3 is 11.1 Å². The molecule has 4 N–H and O–H groups in total. The summed E-state index contributed by atoms with van der Waals surface area (Å²) in [6.07, 6.45) is 2.07. The number of thioether (sulfide) groups is 1. The van der Waals surface area contributed by atoms with E-state index in [1.807, 2.05) is 6.92 Å². The van der Waals surface area contributed by atoms with Crippen LogP contribution in [0.15, 0.2) is 57.9 Å². The van der Waals surface area contributed by atoms with Gasteiger partial charge in [0.1, 0.15) is 5.82 Å². The topological polar surface area (TPSA) is 140 Å². The van der Waals surface area contributed by atoms with Gasteiger partial charge in [-0.25, -0.2) is 13.4 Å². The molecule has 152 valence electrons. The summed E-state index contributed by atoms with van der Waals surface area (Å²) in [5.74, 6) is 0.0125. The first-order valence-corrected chi connectivity index (χ1v) is 11.7. The van der Waals surface area contributed by atoms with Crippen molar-refractivity contribution in [2.75, 3.05) is 15.8 Å². The number of carbonyl (C=O) groups excluding carboxylic acids is 1. The molecule has 2 heterocycles. The Morgan fingerprint density at radius 2 is 1.97 bits per heavy atom. The summed E-state index contributed by atoms with van der Waals surface area (Å²) in [6, 6.07) is 10.8. The molecule has 1 atom stereocenters. The maximum Gasteiger partial charge on any atom is 0.263 e. The number of nitrogens with two attached hydrogens (primary N) is 1. The van der Waals surface area contributed by atoms with Crippen molar-refractivity contribution in [1.82, 2.24) is 15.2 Å². The molecule has 1 amide bonds. The van der Waals surface area contributed by atoms with E-state index in [0.717, 1.165) is 0 Å². The summed E-state index contributed by atoms with van der Waals surface area (Å²) in [5, 5.41) is 10.4. The molecule has 2 aromatic heterocycles. The van der Waals surface area contributed by atoms with Crippen molar-refractivity contribution in [3.8, 4) is 0 Å². The lowest BCUT2D eigenvalue weighted by atomic mass is 10.3. The highest BCUT2D eigenvalue weighted by Gasteiger charge is 2.21. The van der Waals surface area contributed by atoms with Crippen molar-refractivity contribution >= 4 is 55.7 Å². The van der Waals surface area contributed by atoms with Crippen LogP contribution in [0.3, 0.4) is 0 Å². The molecule has 0 fully saturated rings. The summed E-state index contributed by atoms with van der Waals surface area (Å²) in [6.45, 7) is 1.89. The van der Waals surface area contributed by atoms with Gasteiger partial charge in [0.15, 0.2) is 4.34 Å². The average molecular weight is 451 g/mol. The van der Waals surface area contributed by atoms with E-state index < -0.39 is 10.0 Å². The molecule has 0 bridgehead atoms. The second-order valence-electron chi connectivity index (χ2n) is 5.76. The van der Waals surface area contributed by atoms with E-state index in [4.69, 9.17) is 5.73 Å². The summed E-state index contributed by atoms with van der Waals surface area (Å²) < 4.78 is 27.9. The number of amides is 1. The number of hydrogen-bond acceptors (Lipinski definition) is 9. The normalized spacial score (nSPS) is 12.3. The lowest BCUT2D eigenvalue weighted by molar-refractivity contribution is -0.115. The molecule has 0 spiro atoms. The molecule has 0 aliphatic carbocycles. The van der Waals surface area contributed by atoms with Crippen molar-refractivity contribution < 1.29 is 13.2 Å². The quantitative estimate of drug-likeness (QED) is 0.445. The molecular formula is C17H18N6O3S3. The van der Waals surface area contributed by atoms with Crippen LogP contribution in [0.2, 0.25) is 0 Å². The Balaban J connectivity index is 1.65. The van der Waals surface area contributed by atoms with Gasteiger partial charge in [-0.3, -0.25) is 9.52 Å². The molecule has 0 saturated carbocycles. The first kappa shape index (κ1) is 21.0. The van der Waals surface area contributed by atoms with Gasteiger partial charge in [0.25, 0.3) is 10.0 Å². The Morgan fingerprint density at radius 1 is 1.21 bits per heavy atom. The Bertz CT molecular complexity index is 1070. The fourth-order valence-corrected chi connectivity index (χ4v) is 5.08. The van der Waals surface area contributed by atoms with Gasteiger partial charge in [-0.2, -0.15) is 0 Å². The van der Waals surface area contributed by atoms with Crippen molar-refractivity contribution in [2.45, 2.75) is 27.8 Å². The van der Waals surface area contributed by atoms with E-state index in [1.165, 1.54) is 53.6 Å². The zero-order valence-corrected chi connectivity index (χ0v) is 17.7. The number of benzene rings is 1. The molecule has 12 heteroatoms. The zero-order valence-electron chi connectivity index (χ0n) is 15.3. The van der Waals surface area contributed by atoms with Crippen molar-refractivity contribution in [2.24, 2.45) is 0 Å². The average Bonchev–Trinajstić information content (AvgIpc) is 3.11. The predicted molar refractivity (Wildman–Crippen MR) is 114 cm³/mol. The molecule has 0 saturated heterocycles. The van der Waals surface area contributed by atoms with E-state index in [0.29, 0.717) is 21.6 Å². The van der Waals surface area contributed by atoms with Gasteiger partial charge in [-0.05, 0) is 42.8 Å². The van der Waals surface area contributed by atoms with Crippen LogP contribution in [0.25, 0.3) is 0 Å². The summed E-state index contributed by atoms with van der Waals surface area (Å²) in [7, 11) is -3.77. The number of aromatic nitrogens is 3. The maximum absolute atomic E-state index is 12.5. The zero-order chi connectivity index (χ0) is 20.9. The number of carbonyl (C=O) groups is 1. The third kappa shape index (κ3) is 5.65. The minimum atomic E-state index is -3.77. The Labute approximate surface area is 176 Å². The standard InChI is InChI=1S/C17H18N6O3S3/c1-2-13(27-17-22-21-16(18)28-17)15(24)20-11-6-8-12(9-7-11)29(25,26)23-14-5-3-4-10-19-14/h3-10,13H,2H2,1H3,(H2,18,21)(H,19,23)(H,20,24). The molecule has 9 nitrogen and oxygen atoms in total. The lowest BCUT2D eigenvalue weighted by Gasteiger charge is -2.13. The largest absolute Gasteiger partial charge is 0.374 e. The SMILES string of the molecule is CCC(Sc1nnc(N)s1)C(=O)Nc1ccc(S(=O)(=O)Nc2ccccn2)cc1. The number of anilines is 3. The van der Waals surface area contributed by atoms with Gasteiger partial charge in [0.2, 0.25) is 11.0 Å². The number of rotatable bonds is 8. The van der Waals surface area contributed by atoms with Crippen molar-refractivity contribution in [3.05, 3.63) is 48.7 Å².